The second kappa shape index (κ2) is 13.4. The third-order valence-corrected chi connectivity index (χ3v) is 6.80. The van der Waals surface area contributed by atoms with Crippen LogP contribution in [0.1, 0.15) is 36.5 Å². The van der Waals surface area contributed by atoms with E-state index in [1.807, 2.05) is 104 Å². The summed E-state index contributed by atoms with van der Waals surface area (Å²) in [6, 6.07) is 30.9. The van der Waals surface area contributed by atoms with Gasteiger partial charge in [0.25, 0.3) is 5.91 Å². The van der Waals surface area contributed by atoms with E-state index >= 15 is 0 Å². The molecule has 0 aromatic heterocycles. The minimum Gasteiger partial charge on any atom is -0.483 e. The number of aryl methyl sites for hydroxylation is 1. The third kappa shape index (κ3) is 7.00. The molecule has 5 heteroatoms. The number of carbonyl (C=O) groups excluding carboxylic acids is 2. The maximum atomic E-state index is 13.9. The summed E-state index contributed by atoms with van der Waals surface area (Å²) in [7, 11) is 0. The molecule has 0 radical (unpaired) electrons. The summed E-state index contributed by atoms with van der Waals surface area (Å²) >= 11 is 0. The van der Waals surface area contributed by atoms with Gasteiger partial charge in [0.15, 0.2) is 6.61 Å². The van der Waals surface area contributed by atoms with Gasteiger partial charge in [-0.2, -0.15) is 0 Å². The van der Waals surface area contributed by atoms with Crippen molar-refractivity contribution < 1.29 is 14.3 Å². The van der Waals surface area contributed by atoms with Gasteiger partial charge in [-0.3, -0.25) is 9.59 Å². The molecule has 1 N–H and O–H groups in total. The van der Waals surface area contributed by atoms with Gasteiger partial charge in [0.2, 0.25) is 5.91 Å². The summed E-state index contributed by atoms with van der Waals surface area (Å²) in [6.07, 6.45) is 2.29. The van der Waals surface area contributed by atoms with Crippen LogP contribution in [-0.2, 0) is 22.6 Å². The van der Waals surface area contributed by atoms with Crippen LogP contribution in [0.3, 0.4) is 0 Å². The maximum Gasteiger partial charge on any atom is 0.261 e. The zero-order valence-electron chi connectivity index (χ0n) is 22.2. The van der Waals surface area contributed by atoms with Crippen LogP contribution in [0.4, 0.5) is 0 Å². The minimum atomic E-state index is -0.669. The van der Waals surface area contributed by atoms with Gasteiger partial charge in [0.1, 0.15) is 11.8 Å². The number of rotatable bonds is 12. The molecule has 4 rings (SSSR count). The molecule has 1 atom stereocenters. The molecule has 4 aromatic carbocycles. The van der Waals surface area contributed by atoms with Crippen LogP contribution in [0, 0.1) is 6.92 Å². The van der Waals surface area contributed by atoms with Gasteiger partial charge in [0.05, 0.1) is 0 Å². The lowest BCUT2D eigenvalue weighted by Crippen LogP contribution is -2.52. The van der Waals surface area contributed by atoms with Crippen molar-refractivity contribution >= 4 is 22.6 Å². The van der Waals surface area contributed by atoms with Gasteiger partial charge in [0, 0.05) is 24.9 Å². The number of unbranched alkanes of at least 4 members (excludes halogenated alkanes) is 1. The number of nitrogens with zero attached hydrogens (tertiary/aromatic N) is 1. The third-order valence-electron chi connectivity index (χ3n) is 6.80. The quantitative estimate of drug-likeness (QED) is 0.236. The van der Waals surface area contributed by atoms with Gasteiger partial charge >= 0.3 is 0 Å². The summed E-state index contributed by atoms with van der Waals surface area (Å²) in [4.78, 5) is 29.1. The molecule has 5 nitrogen and oxygen atoms in total. The standard InChI is InChI=1S/C33H36N2O3/c1-3-4-21-34-33(37)30(22-26-14-6-5-7-15-26)35(23-28-17-9-8-13-25(28)2)32(36)24-38-31-20-12-18-27-16-10-11-19-29(27)31/h5-20,30H,3-4,21-24H2,1-2H3,(H,34,37). The Morgan fingerprint density at radius 2 is 1.58 bits per heavy atom. The van der Waals surface area contributed by atoms with Crippen molar-refractivity contribution in [2.75, 3.05) is 13.2 Å². The van der Waals surface area contributed by atoms with E-state index in [0.29, 0.717) is 25.3 Å². The van der Waals surface area contributed by atoms with Crippen LogP contribution in [-0.4, -0.2) is 35.9 Å². The molecule has 0 saturated heterocycles. The molecular formula is C33H36N2O3. The molecule has 0 aliphatic carbocycles. The van der Waals surface area contributed by atoms with E-state index in [2.05, 4.69) is 12.2 Å². The monoisotopic (exact) mass is 508 g/mol. The van der Waals surface area contributed by atoms with Crippen LogP contribution < -0.4 is 10.1 Å². The topological polar surface area (TPSA) is 58.6 Å². The number of benzene rings is 4. The van der Waals surface area contributed by atoms with Crippen molar-refractivity contribution in [3.05, 3.63) is 114 Å². The zero-order valence-corrected chi connectivity index (χ0v) is 22.2. The summed E-state index contributed by atoms with van der Waals surface area (Å²) in [5, 5.41) is 5.06. The van der Waals surface area contributed by atoms with Crippen molar-refractivity contribution in [2.45, 2.75) is 45.7 Å². The fraction of sp³-hybridized carbons (Fsp3) is 0.273. The Balaban J connectivity index is 1.63. The lowest BCUT2D eigenvalue weighted by molar-refractivity contribution is -0.142. The van der Waals surface area contributed by atoms with Crippen molar-refractivity contribution in [3.63, 3.8) is 0 Å². The number of amides is 2. The van der Waals surface area contributed by atoms with Crippen molar-refractivity contribution in [1.29, 1.82) is 0 Å². The Morgan fingerprint density at radius 3 is 2.37 bits per heavy atom. The van der Waals surface area contributed by atoms with E-state index in [0.717, 1.165) is 40.3 Å². The van der Waals surface area contributed by atoms with E-state index in [-0.39, 0.29) is 18.4 Å². The van der Waals surface area contributed by atoms with Crippen molar-refractivity contribution in [2.24, 2.45) is 0 Å². The van der Waals surface area contributed by atoms with Crippen LogP contribution in [0.2, 0.25) is 0 Å². The number of fused-ring (bicyclic) bond motifs is 1. The van der Waals surface area contributed by atoms with Gasteiger partial charge in [-0.15, -0.1) is 0 Å². The SMILES string of the molecule is CCCCNC(=O)C(Cc1ccccc1)N(Cc1ccccc1C)C(=O)COc1cccc2ccccc12. The normalized spacial score (nSPS) is 11.6. The largest absolute Gasteiger partial charge is 0.483 e. The van der Waals surface area contributed by atoms with Gasteiger partial charge in [-0.05, 0) is 41.5 Å². The van der Waals surface area contributed by atoms with E-state index < -0.39 is 6.04 Å². The summed E-state index contributed by atoms with van der Waals surface area (Å²) in [5.74, 6) is 0.279. The molecule has 0 bridgehead atoms. The molecular weight excluding hydrogens is 472 g/mol. The molecule has 4 aromatic rings. The molecule has 0 aliphatic rings. The first-order valence-corrected chi connectivity index (χ1v) is 13.3. The first kappa shape index (κ1) is 26.9. The predicted molar refractivity (Wildman–Crippen MR) is 153 cm³/mol. The van der Waals surface area contributed by atoms with Crippen LogP contribution in [0.15, 0.2) is 97.1 Å². The first-order chi connectivity index (χ1) is 18.6. The second-order valence-electron chi connectivity index (χ2n) is 9.56. The average Bonchev–Trinajstić information content (AvgIpc) is 2.95. The summed E-state index contributed by atoms with van der Waals surface area (Å²) in [5.41, 5.74) is 3.08. The molecule has 196 valence electrons. The molecule has 0 aliphatic heterocycles. The number of ether oxygens (including phenoxy) is 1. The zero-order chi connectivity index (χ0) is 26.7. The lowest BCUT2D eigenvalue weighted by Gasteiger charge is -2.32. The summed E-state index contributed by atoms with van der Waals surface area (Å²) < 4.78 is 6.09. The van der Waals surface area contributed by atoms with Gasteiger partial charge in [-0.25, -0.2) is 0 Å². The van der Waals surface area contributed by atoms with E-state index in [9.17, 15) is 9.59 Å². The number of nitrogens with one attached hydrogen (secondary N) is 1. The van der Waals surface area contributed by atoms with Crippen LogP contribution >= 0.6 is 0 Å². The Hall–Kier alpha value is -4.12. The molecule has 1 unspecified atom stereocenters. The first-order valence-electron chi connectivity index (χ1n) is 13.3. The average molecular weight is 509 g/mol. The number of hydrogen-bond donors (Lipinski definition) is 1. The van der Waals surface area contributed by atoms with Gasteiger partial charge in [-0.1, -0.05) is 104 Å². The van der Waals surface area contributed by atoms with Crippen molar-refractivity contribution in [1.82, 2.24) is 10.2 Å². The predicted octanol–water partition coefficient (Wildman–Crippen LogP) is 6.08. The Kier molecular flexibility index (Phi) is 9.52. The molecule has 0 heterocycles. The van der Waals surface area contributed by atoms with Crippen LogP contribution in [0.25, 0.3) is 10.8 Å². The van der Waals surface area contributed by atoms with E-state index in [4.69, 9.17) is 4.74 Å². The molecule has 2 amide bonds. The second-order valence-corrected chi connectivity index (χ2v) is 9.56. The highest BCUT2D eigenvalue weighted by atomic mass is 16.5. The highest BCUT2D eigenvalue weighted by molar-refractivity contribution is 5.90. The maximum absolute atomic E-state index is 13.9. The highest BCUT2D eigenvalue weighted by Crippen LogP contribution is 2.25. The van der Waals surface area contributed by atoms with E-state index in [1.54, 1.807) is 4.90 Å². The van der Waals surface area contributed by atoms with E-state index in [1.165, 1.54) is 0 Å². The van der Waals surface area contributed by atoms with Crippen molar-refractivity contribution in [3.8, 4) is 5.75 Å². The van der Waals surface area contributed by atoms with Crippen LogP contribution in [0.5, 0.6) is 5.75 Å². The fourth-order valence-electron chi connectivity index (χ4n) is 4.58. The number of hydrogen-bond acceptors (Lipinski definition) is 3. The van der Waals surface area contributed by atoms with Gasteiger partial charge < -0.3 is 15.0 Å². The smallest absolute Gasteiger partial charge is 0.261 e. The fourth-order valence-corrected chi connectivity index (χ4v) is 4.58. The highest BCUT2D eigenvalue weighted by Gasteiger charge is 2.31. The molecule has 38 heavy (non-hydrogen) atoms. The number of carbonyl (C=O) groups is 2. The Bertz CT molecular complexity index is 1350. The summed E-state index contributed by atoms with van der Waals surface area (Å²) in [6.45, 7) is 4.86. The Morgan fingerprint density at radius 1 is 0.868 bits per heavy atom. The molecule has 0 fully saturated rings. The molecule has 0 saturated carbocycles. The molecule has 0 spiro atoms. The lowest BCUT2D eigenvalue weighted by atomic mass is 10.0. The Labute approximate surface area is 225 Å². The minimum absolute atomic E-state index is 0.144.